The number of hydrogen-bond acceptors (Lipinski definition) is 5. The lowest BCUT2D eigenvalue weighted by Gasteiger charge is -2.07. The molecule has 3 aromatic heterocycles. The summed E-state index contributed by atoms with van der Waals surface area (Å²) < 4.78 is 1.10. The minimum absolute atomic E-state index is 0.255. The Morgan fingerprint density at radius 3 is 2.77 bits per heavy atom. The Kier molecular flexibility index (Phi) is 3.50. The number of rotatable bonds is 2. The molecule has 3 heterocycles. The Labute approximate surface area is 130 Å². The number of nitrogens with zero attached hydrogens (tertiary/aromatic N) is 3. The van der Waals surface area contributed by atoms with E-state index >= 15 is 0 Å². The summed E-state index contributed by atoms with van der Waals surface area (Å²) in [6.07, 6.45) is 1.33. The fourth-order valence-electron chi connectivity index (χ4n) is 2.15. The van der Waals surface area contributed by atoms with Crippen LogP contribution >= 0.6 is 11.3 Å². The number of pyridine rings is 1. The summed E-state index contributed by atoms with van der Waals surface area (Å²) in [6, 6.07) is 5.14. The van der Waals surface area contributed by atoms with E-state index in [0.717, 1.165) is 20.8 Å². The average Bonchev–Trinajstić information content (AvgIpc) is 2.78. The summed E-state index contributed by atoms with van der Waals surface area (Å²) in [6.45, 7) is 5.63. The highest BCUT2D eigenvalue weighted by atomic mass is 32.1. The number of carbonyl (C=O) groups is 1. The Bertz CT molecular complexity index is 942. The molecule has 0 spiro atoms. The van der Waals surface area contributed by atoms with Gasteiger partial charge in [0.1, 0.15) is 16.9 Å². The van der Waals surface area contributed by atoms with Crippen LogP contribution in [0.15, 0.2) is 29.3 Å². The van der Waals surface area contributed by atoms with E-state index in [1.54, 1.807) is 25.1 Å². The van der Waals surface area contributed by atoms with Gasteiger partial charge in [0, 0.05) is 10.6 Å². The molecule has 22 heavy (non-hydrogen) atoms. The summed E-state index contributed by atoms with van der Waals surface area (Å²) in [4.78, 5) is 34.8. The zero-order valence-corrected chi connectivity index (χ0v) is 13.2. The Morgan fingerprint density at radius 2 is 2.05 bits per heavy atom. The first kappa shape index (κ1) is 14.4. The van der Waals surface area contributed by atoms with Crippen LogP contribution in [0.2, 0.25) is 0 Å². The molecule has 0 radical (unpaired) electrons. The van der Waals surface area contributed by atoms with E-state index in [1.807, 2.05) is 13.8 Å². The predicted octanol–water partition coefficient (Wildman–Crippen LogP) is 2.16. The van der Waals surface area contributed by atoms with Gasteiger partial charge in [-0.3, -0.25) is 15.0 Å². The van der Waals surface area contributed by atoms with Gasteiger partial charge < -0.3 is 0 Å². The first-order valence-corrected chi connectivity index (χ1v) is 7.51. The number of hydrogen-bond donors (Lipinski definition) is 1. The molecule has 0 saturated heterocycles. The number of aromatic nitrogens is 3. The van der Waals surface area contributed by atoms with Gasteiger partial charge in [0.25, 0.3) is 11.5 Å². The molecule has 1 amide bonds. The van der Waals surface area contributed by atoms with Crippen LogP contribution in [0.4, 0.5) is 0 Å². The molecule has 1 N–H and O–H groups in total. The summed E-state index contributed by atoms with van der Waals surface area (Å²) in [7, 11) is 0. The molecule has 0 bridgehead atoms. The van der Waals surface area contributed by atoms with E-state index < -0.39 is 5.91 Å². The maximum Gasteiger partial charge on any atom is 0.288 e. The van der Waals surface area contributed by atoms with Crippen LogP contribution in [0.3, 0.4) is 0 Å². The van der Waals surface area contributed by atoms with Crippen molar-refractivity contribution in [2.45, 2.75) is 20.8 Å². The number of nitrogens with one attached hydrogen (secondary N) is 1. The van der Waals surface area contributed by atoms with Crippen LogP contribution < -0.4 is 11.0 Å². The summed E-state index contributed by atoms with van der Waals surface area (Å²) >= 11 is 1.47. The number of carbonyl (C=O) groups excluding carboxylic acids is 1. The van der Waals surface area contributed by atoms with E-state index in [1.165, 1.54) is 17.7 Å². The Hall–Kier alpha value is -2.54. The number of thiophene rings is 1. The van der Waals surface area contributed by atoms with E-state index in [4.69, 9.17) is 0 Å². The SMILES string of the molecule is Cc1cccc(C(=O)Nn2cnc3sc(C)c(C)c3c2=O)n1. The molecular weight excluding hydrogens is 300 g/mol. The molecule has 0 aromatic carbocycles. The van der Waals surface area contributed by atoms with Crippen molar-refractivity contribution in [3.05, 3.63) is 56.7 Å². The van der Waals surface area contributed by atoms with Crippen molar-refractivity contribution < 1.29 is 4.79 Å². The third-order valence-corrected chi connectivity index (χ3v) is 4.55. The average molecular weight is 314 g/mol. The quantitative estimate of drug-likeness (QED) is 0.786. The van der Waals surface area contributed by atoms with Crippen LogP contribution in [0, 0.1) is 20.8 Å². The molecule has 6 nitrogen and oxygen atoms in total. The molecule has 0 fully saturated rings. The molecule has 0 aliphatic heterocycles. The second-order valence-electron chi connectivity index (χ2n) is 4.99. The van der Waals surface area contributed by atoms with Crippen molar-refractivity contribution in [1.82, 2.24) is 14.6 Å². The van der Waals surface area contributed by atoms with E-state index in [9.17, 15) is 9.59 Å². The molecule has 0 aliphatic carbocycles. The highest BCUT2D eigenvalue weighted by Crippen LogP contribution is 2.25. The lowest BCUT2D eigenvalue weighted by atomic mass is 10.2. The van der Waals surface area contributed by atoms with Crippen molar-refractivity contribution >= 4 is 27.5 Å². The molecular formula is C15H14N4O2S. The summed E-state index contributed by atoms with van der Waals surface area (Å²) in [5.41, 5.74) is 4.13. The van der Waals surface area contributed by atoms with Crippen LogP contribution in [-0.4, -0.2) is 20.6 Å². The maximum atomic E-state index is 12.5. The van der Waals surface area contributed by atoms with E-state index in [-0.39, 0.29) is 11.3 Å². The van der Waals surface area contributed by atoms with Crippen LogP contribution in [-0.2, 0) is 0 Å². The fraction of sp³-hybridized carbons (Fsp3) is 0.200. The van der Waals surface area contributed by atoms with Gasteiger partial charge in [-0.05, 0) is 38.5 Å². The van der Waals surface area contributed by atoms with Gasteiger partial charge in [-0.1, -0.05) is 6.07 Å². The normalized spacial score (nSPS) is 10.9. The molecule has 0 aliphatic rings. The first-order chi connectivity index (χ1) is 10.5. The lowest BCUT2D eigenvalue weighted by molar-refractivity contribution is 0.100. The molecule has 0 saturated carbocycles. The third kappa shape index (κ3) is 2.39. The van der Waals surface area contributed by atoms with Gasteiger partial charge in [-0.2, -0.15) is 0 Å². The third-order valence-electron chi connectivity index (χ3n) is 3.43. The van der Waals surface area contributed by atoms with Crippen molar-refractivity contribution in [3.8, 4) is 0 Å². The van der Waals surface area contributed by atoms with Crippen LogP contribution in [0.5, 0.6) is 0 Å². The van der Waals surface area contributed by atoms with Crippen LogP contribution in [0.1, 0.15) is 26.6 Å². The zero-order chi connectivity index (χ0) is 15.9. The summed E-state index contributed by atoms with van der Waals surface area (Å²) in [5.74, 6) is -0.448. The highest BCUT2D eigenvalue weighted by Gasteiger charge is 2.14. The largest absolute Gasteiger partial charge is 0.288 e. The van der Waals surface area contributed by atoms with Crippen LogP contribution in [0.25, 0.3) is 10.2 Å². The molecule has 0 atom stereocenters. The minimum atomic E-state index is -0.448. The van der Waals surface area contributed by atoms with Gasteiger partial charge in [0.2, 0.25) is 0 Å². The lowest BCUT2D eigenvalue weighted by Crippen LogP contribution is -2.33. The topological polar surface area (TPSA) is 76.9 Å². The standard InChI is InChI=1S/C15H14N4O2S/c1-8-5-4-6-11(17-8)13(20)18-19-7-16-14-12(15(19)21)9(2)10(3)22-14/h4-7H,1-3H3,(H,18,20). The van der Waals surface area contributed by atoms with Crippen molar-refractivity contribution in [2.75, 3.05) is 5.43 Å². The zero-order valence-electron chi connectivity index (χ0n) is 12.4. The molecule has 7 heteroatoms. The molecule has 112 valence electrons. The van der Waals surface area contributed by atoms with Gasteiger partial charge in [-0.15, -0.1) is 11.3 Å². The molecule has 3 aromatic rings. The van der Waals surface area contributed by atoms with Gasteiger partial charge in [0.05, 0.1) is 5.39 Å². The van der Waals surface area contributed by atoms with Gasteiger partial charge >= 0.3 is 0 Å². The van der Waals surface area contributed by atoms with Crippen molar-refractivity contribution in [1.29, 1.82) is 0 Å². The Balaban J connectivity index is 2.01. The van der Waals surface area contributed by atoms with E-state index in [2.05, 4.69) is 15.4 Å². The fourth-order valence-corrected chi connectivity index (χ4v) is 3.14. The number of fused-ring (bicyclic) bond motifs is 1. The Morgan fingerprint density at radius 1 is 1.27 bits per heavy atom. The second-order valence-corrected chi connectivity index (χ2v) is 6.19. The number of aryl methyl sites for hydroxylation is 3. The summed E-state index contributed by atoms with van der Waals surface area (Å²) in [5, 5.41) is 0.544. The molecule has 3 rings (SSSR count). The minimum Gasteiger partial charge on any atom is -0.267 e. The highest BCUT2D eigenvalue weighted by molar-refractivity contribution is 7.18. The van der Waals surface area contributed by atoms with Crippen molar-refractivity contribution in [2.24, 2.45) is 0 Å². The van der Waals surface area contributed by atoms with Crippen molar-refractivity contribution in [3.63, 3.8) is 0 Å². The smallest absolute Gasteiger partial charge is 0.267 e. The maximum absolute atomic E-state index is 12.5. The number of amides is 1. The first-order valence-electron chi connectivity index (χ1n) is 6.69. The van der Waals surface area contributed by atoms with Gasteiger partial charge in [0.15, 0.2) is 0 Å². The predicted molar refractivity (Wildman–Crippen MR) is 86.0 cm³/mol. The van der Waals surface area contributed by atoms with E-state index in [0.29, 0.717) is 10.2 Å². The van der Waals surface area contributed by atoms with Gasteiger partial charge in [-0.25, -0.2) is 14.6 Å². The monoisotopic (exact) mass is 314 g/mol. The molecule has 0 unspecified atom stereocenters. The second kappa shape index (κ2) is 5.34.